The summed E-state index contributed by atoms with van der Waals surface area (Å²) in [6.07, 6.45) is 3.63. The molecule has 0 bridgehead atoms. The van der Waals surface area contributed by atoms with Crippen LogP contribution in [0.25, 0.3) is 0 Å². The van der Waals surface area contributed by atoms with Crippen LogP contribution < -0.4 is 10.2 Å². The molecule has 2 heterocycles. The normalized spacial score (nSPS) is 30.0. The number of hydrogen-bond donors (Lipinski definition) is 2. The van der Waals surface area contributed by atoms with Crippen LogP contribution in [-0.4, -0.2) is 76.4 Å². The molecule has 2 N–H and O–H groups in total. The molecule has 4 aliphatic rings. The van der Waals surface area contributed by atoms with Gasteiger partial charge < -0.3 is 15.3 Å². The minimum atomic E-state index is -4.61. The third-order valence-corrected chi connectivity index (χ3v) is 9.94. The Morgan fingerprint density at radius 3 is 2.22 bits per heavy atom. The molecule has 1 aromatic rings. The summed E-state index contributed by atoms with van der Waals surface area (Å²) in [5.74, 6) is 2.70. The minimum Gasteiger partial charge on any atom is -0.380 e. The zero-order chi connectivity index (χ0) is 29.4. The molecule has 5 rings (SSSR count). The van der Waals surface area contributed by atoms with E-state index in [9.17, 15) is 23.1 Å². The number of carbonyl (C=O) groups excluding carboxylic acids is 1. The third kappa shape index (κ3) is 7.35. The van der Waals surface area contributed by atoms with Crippen LogP contribution in [-0.2, 0) is 10.2 Å². The molecular weight excluding hydrogens is 531 g/mol. The first-order chi connectivity index (χ1) is 19.3. The van der Waals surface area contributed by atoms with E-state index in [-0.39, 0.29) is 36.6 Å². The van der Waals surface area contributed by atoms with Gasteiger partial charge in [-0.3, -0.25) is 9.69 Å². The molecule has 10 heteroatoms. The Morgan fingerprint density at radius 2 is 1.66 bits per heavy atom. The number of alkyl halides is 3. The molecule has 1 aromatic heterocycles. The van der Waals surface area contributed by atoms with E-state index in [0.717, 1.165) is 76.5 Å². The molecule has 41 heavy (non-hydrogen) atoms. The number of nitrogens with zero attached hydrogens (tertiary/aromatic N) is 4. The van der Waals surface area contributed by atoms with Gasteiger partial charge >= 0.3 is 6.18 Å². The molecule has 0 spiro atoms. The summed E-state index contributed by atoms with van der Waals surface area (Å²) in [5.41, 5.74) is -1.46. The van der Waals surface area contributed by atoms with Crippen LogP contribution in [0.3, 0.4) is 0 Å². The topological polar surface area (TPSA) is 81.6 Å². The van der Waals surface area contributed by atoms with Crippen molar-refractivity contribution in [1.82, 2.24) is 20.2 Å². The zero-order valence-corrected chi connectivity index (χ0v) is 25.0. The van der Waals surface area contributed by atoms with Crippen LogP contribution >= 0.6 is 0 Å². The Bertz CT molecular complexity index is 1050. The lowest BCUT2D eigenvalue weighted by Gasteiger charge is -2.44. The van der Waals surface area contributed by atoms with Crippen molar-refractivity contribution in [2.45, 2.75) is 121 Å². The summed E-state index contributed by atoms with van der Waals surface area (Å²) in [4.78, 5) is 27.3. The summed E-state index contributed by atoms with van der Waals surface area (Å²) in [7, 11) is 0. The second kappa shape index (κ2) is 12.0. The number of aliphatic hydroxyl groups is 1. The van der Waals surface area contributed by atoms with Gasteiger partial charge in [0, 0.05) is 61.7 Å². The van der Waals surface area contributed by atoms with E-state index in [1.54, 1.807) is 0 Å². The van der Waals surface area contributed by atoms with E-state index in [4.69, 9.17) is 9.97 Å². The fourth-order valence-electron chi connectivity index (χ4n) is 6.84. The molecule has 0 radical (unpaired) electrons. The third-order valence-electron chi connectivity index (χ3n) is 9.94. The van der Waals surface area contributed by atoms with Crippen molar-refractivity contribution in [2.75, 3.05) is 37.6 Å². The maximum absolute atomic E-state index is 12.8. The van der Waals surface area contributed by atoms with E-state index in [0.29, 0.717) is 11.8 Å². The summed E-state index contributed by atoms with van der Waals surface area (Å²) in [6.45, 7) is 11.7. The summed E-state index contributed by atoms with van der Waals surface area (Å²) < 4.78 is 38.4. The van der Waals surface area contributed by atoms with Gasteiger partial charge in [0.05, 0.1) is 0 Å². The molecule has 230 valence electrons. The first kappa shape index (κ1) is 30.5. The van der Waals surface area contributed by atoms with Crippen molar-refractivity contribution in [2.24, 2.45) is 11.8 Å². The Labute approximate surface area is 242 Å². The molecule has 1 saturated heterocycles. The largest absolute Gasteiger partial charge is 0.417 e. The monoisotopic (exact) mass is 579 g/mol. The molecule has 3 aliphatic carbocycles. The highest BCUT2D eigenvalue weighted by Crippen LogP contribution is 2.49. The Kier molecular flexibility index (Phi) is 8.92. The summed E-state index contributed by atoms with van der Waals surface area (Å²) >= 11 is 0. The van der Waals surface area contributed by atoms with E-state index < -0.39 is 17.7 Å². The van der Waals surface area contributed by atoms with Gasteiger partial charge in [-0.1, -0.05) is 27.2 Å². The van der Waals surface area contributed by atoms with E-state index in [1.807, 2.05) is 0 Å². The smallest absolute Gasteiger partial charge is 0.380 e. The van der Waals surface area contributed by atoms with Crippen LogP contribution in [0.5, 0.6) is 0 Å². The summed E-state index contributed by atoms with van der Waals surface area (Å²) in [5, 5.41) is 12.6. The van der Waals surface area contributed by atoms with Crippen LogP contribution in [0.2, 0.25) is 0 Å². The molecular formula is C31H48F3N5O2. The Hall–Kier alpha value is -1.94. The van der Waals surface area contributed by atoms with Crippen LogP contribution in [0, 0.1) is 11.8 Å². The molecule has 4 fully saturated rings. The van der Waals surface area contributed by atoms with Crippen molar-refractivity contribution >= 4 is 11.7 Å². The van der Waals surface area contributed by atoms with Crippen molar-refractivity contribution in [3.05, 3.63) is 17.6 Å². The SMILES string of the molecule is CC(C)(C)c1nc(C2CCC2)cc(N2CCN(CCC3CCC(NC(=O)CC4CC(O)(C(F)(F)F)C4)CC3)CC2)n1. The highest BCUT2D eigenvalue weighted by Gasteiger charge is 2.61. The maximum atomic E-state index is 12.8. The van der Waals surface area contributed by atoms with Crippen molar-refractivity contribution in [3.63, 3.8) is 0 Å². The predicted octanol–water partition coefficient (Wildman–Crippen LogP) is 5.32. The van der Waals surface area contributed by atoms with Gasteiger partial charge in [-0.05, 0) is 76.2 Å². The predicted molar refractivity (Wildman–Crippen MR) is 153 cm³/mol. The fraction of sp³-hybridized carbons (Fsp3) is 0.839. The molecule has 0 atom stereocenters. The van der Waals surface area contributed by atoms with Gasteiger partial charge in [0.2, 0.25) is 5.91 Å². The van der Waals surface area contributed by atoms with E-state index >= 15 is 0 Å². The van der Waals surface area contributed by atoms with Gasteiger partial charge in [-0.15, -0.1) is 0 Å². The first-order valence-corrected chi connectivity index (χ1v) is 15.7. The second-order valence-corrected chi connectivity index (χ2v) is 14.3. The number of rotatable bonds is 8. The van der Waals surface area contributed by atoms with E-state index in [2.05, 4.69) is 42.0 Å². The average molecular weight is 580 g/mol. The maximum Gasteiger partial charge on any atom is 0.417 e. The standard InChI is InChI=1S/C31H48F3N5O2/c1-29(2,3)28-36-25(23-5-4-6-23)18-26(37-28)39-15-13-38(14-16-39)12-11-21-7-9-24(10-8-21)35-27(40)17-22-19-30(41,20-22)31(32,33)34/h18,21-24,41H,4-17,19-20H2,1-3H3,(H,35,40). The Morgan fingerprint density at radius 1 is 1.00 bits per heavy atom. The van der Waals surface area contributed by atoms with Crippen molar-refractivity contribution < 1.29 is 23.1 Å². The molecule has 1 aliphatic heterocycles. The lowest BCUT2D eigenvalue weighted by molar-refractivity contribution is -0.298. The summed E-state index contributed by atoms with van der Waals surface area (Å²) in [6, 6.07) is 2.35. The zero-order valence-electron chi connectivity index (χ0n) is 25.0. The van der Waals surface area contributed by atoms with Gasteiger partial charge in [0.1, 0.15) is 11.6 Å². The molecule has 0 aromatic carbocycles. The van der Waals surface area contributed by atoms with Gasteiger partial charge in [-0.25, -0.2) is 9.97 Å². The lowest BCUT2D eigenvalue weighted by Crippen LogP contribution is -2.56. The van der Waals surface area contributed by atoms with Crippen molar-refractivity contribution in [3.8, 4) is 0 Å². The quantitative estimate of drug-likeness (QED) is 0.434. The number of carbonyl (C=O) groups is 1. The van der Waals surface area contributed by atoms with Gasteiger partial charge in [0.15, 0.2) is 5.60 Å². The highest BCUT2D eigenvalue weighted by atomic mass is 19.4. The number of hydrogen-bond acceptors (Lipinski definition) is 6. The number of aromatic nitrogens is 2. The first-order valence-electron chi connectivity index (χ1n) is 15.7. The number of amides is 1. The number of nitrogens with one attached hydrogen (secondary N) is 1. The molecule has 3 saturated carbocycles. The van der Waals surface area contributed by atoms with Crippen LogP contribution in [0.1, 0.15) is 109 Å². The van der Waals surface area contributed by atoms with Crippen LogP contribution in [0.4, 0.5) is 19.0 Å². The lowest BCUT2D eigenvalue weighted by atomic mass is 9.69. The minimum absolute atomic E-state index is 0.0682. The molecule has 0 unspecified atom stereocenters. The Balaban J connectivity index is 1.00. The van der Waals surface area contributed by atoms with Gasteiger partial charge in [-0.2, -0.15) is 13.2 Å². The fourth-order valence-corrected chi connectivity index (χ4v) is 6.84. The average Bonchev–Trinajstić information content (AvgIpc) is 2.85. The molecule has 1 amide bonds. The van der Waals surface area contributed by atoms with Crippen molar-refractivity contribution in [1.29, 1.82) is 0 Å². The number of halogens is 3. The molecule has 7 nitrogen and oxygen atoms in total. The van der Waals surface area contributed by atoms with Gasteiger partial charge in [0.25, 0.3) is 0 Å². The second-order valence-electron chi connectivity index (χ2n) is 14.3. The number of anilines is 1. The van der Waals surface area contributed by atoms with E-state index in [1.165, 1.54) is 25.0 Å². The van der Waals surface area contributed by atoms with Crippen LogP contribution in [0.15, 0.2) is 6.07 Å². The number of piperazine rings is 1. The highest BCUT2D eigenvalue weighted by molar-refractivity contribution is 5.76.